The summed E-state index contributed by atoms with van der Waals surface area (Å²) < 4.78 is 14.5. The predicted molar refractivity (Wildman–Crippen MR) is 81.5 cm³/mol. The Labute approximate surface area is 139 Å². The molecular formula is C19H19FN2O2. The summed E-state index contributed by atoms with van der Waals surface area (Å²) >= 11 is 0. The van der Waals surface area contributed by atoms with E-state index in [1.165, 1.54) is 12.6 Å². The highest BCUT2D eigenvalue weighted by molar-refractivity contribution is 5.93. The van der Waals surface area contributed by atoms with Crippen molar-refractivity contribution >= 4 is 5.91 Å². The lowest BCUT2D eigenvalue weighted by molar-refractivity contribution is -0.615. The summed E-state index contributed by atoms with van der Waals surface area (Å²) in [6, 6.07) is 2.98. The fourth-order valence-corrected chi connectivity index (χ4v) is 8.38. The molecule has 1 aliphatic heterocycles. The minimum Gasteiger partial charge on any atom is -0.298 e. The van der Waals surface area contributed by atoms with E-state index in [0.29, 0.717) is 12.0 Å². The second-order valence-corrected chi connectivity index (χ2v) is 9.00. The van der Waals surface area contributed by atoms with Gasteiger partial charge in [0.1, 0.15) is 5.82 Å². The third kappa shape index (κ3) is 1.00. The zero-order chi connectivity index (χ0) is 16.0. The number of hydroxylamine groups is 1. The van der Waals surface area contributed by atoms with Crippen LogP contribution in [-0.4, -0.2) is 29.1 Å². The summed E-state index contributed by atoms with van der Waals surface area (Å²) in [6.07, 6.45) is 0.786. The first-order valence-electron chi connectivity index (χ1n) is 9.15. The molecular weight excluding hydrogens is 307 g/mol. The lowest BCUT2D eigenvalue weighted by Gasteiger charge is -3.08. The minimum absolute atomic E-state index is 0.198. The van der Waals surface area contributed by atoms with Crippen LogP contribution in [0.1, 0.15) is 21.5 Å². The average Bonchev–Trinajstić information content (AvgIpc) is 2.61. The van der Waals surface area contributed by atoms with Crippen molar-refractivity contribution in [1.29, 1.82) is 0 Å². The van der Waals surface area contributed by atoms with Gasteiger partial charge in [-0.15, -0.1) is 0 Å². The standard InChI is InChI=1S/C19H19FN2O2/c20-10-4-8(18(23)21-24)3-7-1-2-22(5-9(7)10)6-19-15-12-11-13(15)17(19)14(11)16(12)19/h3-4,11-17,24H,1-2,5-6H2,(H,21,23). The predicted octanol–water partition coefficient (Wildman–Crippen LogP) is 1.67. The summed E-state index contributed by atoms with van der Waals surface area (Å²) in [4.78, 5) is 14.0. The maximum absolute atomic E-state index is 14.5. The summed E-state index contributed by atoms with van der Waals surface area (Å²) in [5, 5.41) is 8.74. The van der Waals surface area contributed by atoms with E-state index in [0.717, 1.165) is 65.5 Å². The van der Waals surface area contributed by atoms with E-state index in [-0.39, 0.29) is 11.4 Å². The molecule has 1 aromatic rings. The summed E-state index contributed by atoms with van der Waals surface area (Å²) in [5.41, 5.74) is 4.08. The second kappa shape index (κ2) is 3.56. The van der Waals surface area contributed by atoms with Crippen molar-refractivity contribution in [3.63, 3.8) is 0 Å². The molecule has 124 valence electrons. The monoisotopic (exact) mass is 326 g/mol. The van der Waals surface area contributed by atoms with E-state index < -0.39 is 5.91 Å². The van der Waals surface area contributed by atoms with Crippen LogP contribution in [0.5, 0.6) is 0 Å². The van der Waals surface area contributed by atoms with E-state index in [9.17, 15) is 9.18 Å². The maximum Gasteiger partial charge on any atom is 0.274 e. The topological polar surface area (TPSA) is 52.6 Å². The van der Waals surface area contributed by atoms with Crippen LogP contribution in [0.15, 0.2) is 12.1 Å². The van der Waals surface area contributed by atoms with Crippen LogP contribution in [0.25, 0.3) is 0 Å². The number of nitrogens with zero attached hydrogens (tertiary/aromatic N) is 1. The molecule has 1 aromatic carbocycles. The Kier molecular flexibility index (Phi) is 1.90. The molecule has 0 unspecified atom stereocenters. The van der Waals surface area contributed by atoms with Crippen LogP contribution in [-0.2, 0) is 13.0 Å². The van der Waals surface area contributed by atoms with Crippen LogP contribution in [0.4, 0.5) is 4.39 Å². The van der Waals surface area contributed by atoms with Crippen molar-refractivity contribution in [2.75, 3.05) is 13.1 Å². The van der Waals surface area contributed by atoms with E-state index >= 15 is 0 Å². The molecule has 4 nitrogen and oxygen atoms in total. The maximum atomic E-state index is 14.5. The number of benzene rings is 1. The van der Waals surface area contributed by atoms with Gasteiger partial charge in [0.2, 0.25) is 0 Å². The van der Waals surface area contributed by atoms with Gasteiger partial charge >= 0.3 is 0 Å². The van der Waals surface area contributed by atoms with Crippen LogP contribution in [0, 0.1) is 52.7 Å². The molecule has 7 aliphatic rings. The van der Waals surface area contributed by atoms with Gasteiger partial charge in [-0.25, -0.2) is 9.87 Å². The van der Waals surface area contributed by atoms with Gasteiger partial charge in [-0.3, -0.25) is 14.9 Å². The van der Waals surface area contributed by atoms with Crippen LogP contribution in [0.2, 0.25) is 0 Å². The number of carbonyl (C=O) groups is 1. The average molecular weight is 326 g/mol. The molecule has 6 saturated carbocycles. The van der Waals surface area contributed by atoms with E-state index in [4.69, 9.17) is 5.21 Å². The molecule has 0 atom stereocenters. The largest absolute Gasteiger partial charge is 0.298 e. The Morgan fingerprint density at radius 3 is 2.62 bits per heavy atom. The fraction of sp³-hybridized carbons (Fsp3) is 0.632. The van der Waals surface area contributed by atoms with Gasteiger partial charge in [-0.05, 0) is 71.0 Å². The number of hydrogen-bond acceptors (Lipinski definition) is 3. The van der Waals surface area contributed by atoms with Gasteiger partial charge in [0.15, 0.2) is 0 Å². The van der Waals surface area contributed by atoms with Gasteiger partial charge in [0.05, 0.1) is 0 Å². The Morgan fingerprint density at radius 1 is 1.25 bits per heavy atom. The molecule has 0 bridgehead atoms. The van der Waals surface area contributed by atoms with Crippen LogP contribution in [0.3, 0.4) is 0 Å². The molecule has 6 aliphatic carbocycles. The molecule has 1 heterocycles. The lowest BCUT2D eigenvalue weighted by Crippen LogP contribution is -3.06. The molecule has 0 radical (unpaired) electrons. The molecule has 8 rings (SSSR count). The van der Waals surface area contributed by atoms with Crippen LogP contribution < -0.4 is 5.48 Å². The van der Waals surface area contributed by atoms with Crippen molar-refractivity contribution in [2.45, 2.75) is 13.0 Å². The number of nitrogens with one attached hydrogen (secondary N) is 1. The molecule has 5 heteroatoms. The minimum atomic E-state index is -0.646. The Bertz CT molecular complexity index is 786. The molecule has 2 N–H and O–H groups in total. The normalized spacial score (nSPS) is 50.3. The fourth-order valence-electron chi connectivity index (χ4n) is 8.38. The molecule has 1 amide bonds. The first-order chi connectivity index (χ1) is 11.7. The van der Waals surface area contributed by atoms with Crippen LogP contribution >= 0.6 is 0 Å². The summed E-state index contributed by atoms with van der Waals surface area (Å²) in [7, 11) is 0. The first-order valence-corrected chi connectivity index (χ1v) is 9.15. The van der Waals surface area contributed by atoms with Crippen molar-refractivity contribution in [2.24, 2.45) is 46.8 Å². The SMILES string of the molecule is O=C(NO)c1cc(F)c2c(c1)CCN(CC13C4C5C6C4C1C6C53)C2. The third-order valence-corrected chi connectivity index (χ3v) is 8.91. The molecule has 6 fully saturated rings. The number of hydrogen-bond donors (Lipinski definition) is 2. The molecule has 0 spiro atoms. The first kappa shape index (κ1) is 12.8. The van der Waals surface area contributed by atoms with Gasteiger partial charge in [0, 0.05) is 30.8 Å². The Balaban J connectivity index is 1.14. The number of rotatable bonds is 3. The molecule has 0 saturated heterocycles. The Morgan fingerprint density at radius 2 is 1.96 bits per heavy atom. The molecule has 0 aromatic heterocycles. The number of fused-ring (bicyclic) bond motifs is 1. The van der Waals surface area contributed by atoms with Gasteiger partial charge in [-0.1, -0.05) is 0 Å². The number of halogens is 1. The van der Waals surface area contributed by atoms with Gasteiger partial charge in [0.25, 0.3) is 5.91 Å². The summed E-state index contributed by atoms with van der Waals surface area (Å²) in [6.45, 7) is 2.79. The second-order valence-electron chi connectivity index (χ2n) is 9.00. The smallest absolute Gasteiger partial charge is 0.274 e. The highest BCUT2D eigenvalue weighted by Gasteiger charge is 3.03. The zero-order valence-corrected chi connectivity index (χ0v) is 13.2. The van der Waals surface area contributed by atoms with Crippen molar-refractivity contribution < 1.29 is 14.4 Å². The van der Waals surface area contributed by atoms with Crippen molar-refractivity contribution in [1.82, 2.24) is 10.4 Å². The highest BCUT2D eigenvalue weighted by Crippen LogP contribution is 3.05. The van der Waals surface area contributed by atoms with E-state index in [1.54, 1.807) is 11.5 Å². The van der Waals surface area contributed by atoms with Crippen molar-refractivity contribution in [3.05, 3.63) is 34.6 Å². The lowest BCUT2D eigenvalue weighted by atomic mass is 8.96. The number of carbonyl (C=O) groups excluding carboxylic acids is 1. The number of amides is 1. The quantitative estimate of drug-likeness (QED) is 0.656. The van der Waals surface area contributed by atoms with E-state index in [2.05, 4.69) is 4.90 Å². The van der Waals surface area contributed by atoms with Crippen molar-refractivity contribution in [3.8, 4) is 0 Å². The highest BCUT2D eigenvalue weighted by atomic mass is 19.1. The van der Waals surface area contributed by atoms with Gasteiger partial charge in [-0.2, -0.15) is 0 Å². The molecule has 24 heavy (non-hydrogen) atoms. The third-order valence-electron chi connectivity index (χ3n) is 8.91. The summed E-state index contributed by atoms with van der Waals surface area (Å²) in [5.74, 6) is 6.56. The van der Waals surface area contributed by atoms with Gasteiger partial charge < -0.3 is 0 Å². The zero-order valence-electron chi connectivity index (χ0n) is 13.2. The Hall–Kier alpha value is -1.46. The van der Waals surface area contributed by atoms with E-state index in [1.807, 2.05) is 0 Å².